The third-order valence-electron chi connectivity index (χ3n) is 5.45. The average Bonchev–Trinajstić information content (AvgIpc) is 3.05. The molecule has 3 aromatic heterocycles. The summed E-state index contributed by atoms with van der Waals surface area (Å²) in [5, 5.41) is 3.43. The van der Waals surface area contributed by atoms with Gasteiger partial charge in [0.05, 0.1) is 5.69 Å². The molecule has 0 aromatic carbocycles. The lowest BCUT2D eigenvalue weighted by Crippen LogP contribution is -2.37. The van der Waals surface area contributed by atoms with Crippen LogP contribution in [0.2, 0.25) is 0 Å². The van der Waals surface area contributed by atoms with Gasteiger partial charge in [-0.3, -0.25) is 0 Å². The summed E-state index contributed by atoms with van der Waals surface area (Å²) >= 11 is 0. The summed E-state index contributed by atoms with van der Waals surface area (Å²) in [4.78, 5) is 15.5. The van der Waals surface area contributed by atoms with E-state index < -0.39 is 0 Å². The quantitative estimate of drug-likeness (QED) is 0.751. The number of nitrogens with one attached hydrogen (secondary N) is 1. The molecule has 1 fully saturated rings. The SMILES string of the molecule is C=C(c1cc(F)c2ncc(C)n2c1)c1cnc(NC2CCN(C)CC2)nc1C. The normalized spacial score (nSPS) is 15.9. The Bertz CT molecular complexity index is 1030. The van der Waals surface area contributed by atoms with Crippen molar-refractivity contribution < 1.29 is 4.39 Å². The molecular weight excluding hydrogens is 355 g/mol. The highest BCUT2D eigenvalue weighted by Gasteiger charge is 2.18. The maximum Gasteiger partial charge on any atom is 0.223 e. The number of imidazole rings is 1. The highest BCUT2D eigenvalue weighted by Crippen LogP contribution is 2.26. The smallest absolute Gasteiger partial charge is 0.223 e. The van der Waals surface area contributed by atoms with Crippen LogP contribution in [0.25, 0.3) is 11.2 Å². The fourth-order valence-corrected chi connectivity index (χ4v) is 3.65. The number of nitrogens with zero attached hydrogens (tertiary/aromatic N) is 5. The molecule has 0 saturated carbocycles. The highest BCUT2D eigenvalue weighted by molar-refractivity contribution is 5.79. The standard InChI is InChI=1S/C21H25FN6/c1-13-10-23-20-19(22)9-16(12-28(13)20)14(2)18-11-24-21(25-15(18)3)26-17-5-7-27(4)8-6-17/h9-12,17H,2,5-8H2,1,3-4H3,(H,24,25,26). The van der Waals surface area contributed by atoms with E-state index in [1.54, 1.807) is 16.8 Å². The van der Waals surface area contributed by atoms with Crippen molar-refractivity contribution in [2.45, 2.75) is 32.7 Å². The summed E-state index contributed by atoms with van der Waals surface area (Å²) in [6.45, 7) is 10.1. The van der Waals surface area contributed by atoms with Crippen LogP contribution in [0, 0.1) is 19.7 Å². The zero-order valence-corrected chi connectivity index (χ0v) is 16.5. The monoisotopic (exact) mass is 380 g/mol. The number of fused-ring (bicyclic) bond motifs is 1. The highest BCUT2D eigenvalue weighted by atomic mass is 19.1. The molecule has 0 amide bonds. The third-order valence-corrected chi connectivity index (χ3v) is 5.45. The number of aromatic nitrogens is 4. The molecule has 1 aliphatic rings. The number of likely N-dealkylation sites (tertiary alicyclic amines) is 1. The lowest BCUT2D eigenvalue weighted by molar-refractivity contribution is 0.263. The Morgan fingerprint density at radius 2 is 1.96 bits per heavy atom. The lowest BCUT2D eigenvalue weighted by atomic mass is 10.0. The molecule has 7 heteroatoms. The predicted octanol–water partition coefficient (Wildman–Crippen LogP) is 3.45. The summed E-state index contributed by atoms with van der Waals surface area (Å²) in [6, 6.07) is 1.86. The first-order chi connectivity index (χ1) is 13.4. The first-order valence-corrected chi connectivity index (χ1v) is 9.54. The van der Waals surface area contributed by atoms with E-state index in [1.165, 1.54) is 6.07 Å². The topological polar surface area (TPSA) is 58.4 Å². The fourth-order valence-electron chi connectivity index (χ4n) is 3.65. The molecule has 1 aliphatic heterocycles. The first-order valence-electron chi connectivity index (χ1n) is 9.54. The second kappa shape index (κ2) is 7.31. The molecule has 0 atom stereocenters. The first kappa shape index (κ1) is 18.6. The van der Waals surface area contributed by atoms with Crippen molar-refractivity contribution in [1.29, 1.82) is 0 Å². The van der Waals surface area contributed by atoms with Crippen LogP contribution >= 0.6 is 0 Å². The van der Waals surface area contributed by atoms with Gasteiger partial charge in [-0.15, -0.1) is 0 Å². The Labute approximate surface area is 164 Å². The lowest BCUT2D eigenvalue weighted by Gasteiger charge is -2.29. The second-order valence-electron chi connectivity index (χ2n) is 7.56. The molecule has 1 saturated heterocycles. The molecule has 0 aliphatic carbocycles. The molecule has 1 N–H and O–H groups in total. The third kappa shape index (κ3) is 3.49. The van der Waals surface area contributed by atoms with Gasteiger partial charge in [0.1, 0.15) is 0 Å². The number of aryl methyl sites for hydroxylation is 2. The largest absolute Gasteiger partial charge is 0.351 e. The van der Waals surface area contributed by atoms with Gasteiger partial charge >= 0.3 is 0 Å². The van der Waals surface area contributed by atoms with Crippen molar-refractivity contribution in [3.05, 3.63) is 59.6 Å². The Balaban J connectivity index is 1.57. The van der Waals surface area contributed by atoms with E-state index in [0.29, 0.717) is 28.8 Å². The van der Waals surface area contributed by atoms with Gasteiger partial charge in [-0.25, -0.2) is 19.3 Å². The Morgan fingerprint density at radius 1 is 1.21 bits per heavy atom. The van der Waals surface area contributed by atoms with E-state index in [9.17, 15) is 4.39 Å². The Morgan fingerprint density at radius 3 is 2.68 bits per heavy atom. The minimum Gasteiger partial charge on any atom is -0.351 e. The van der Waals surface area contributed by atoms with Crippen molar-refractivity contribution in [2.75, 3.05) is 25.5 Å². The number of rotatable bonds is 4. The molecule has 4 heterocycles. The van der Waals surface area contributed by atoms with Gasteiger partial charge in [-0.1, -0.05) is 6.58 Å². The number of hydrogen-bond donors (Lipinski definition) is 1. The van der Waals surface area contributed by atoms with E-state index >= 15 is 0 Å². The molecule has 4 rings (SSSR count). The zero-order valence-electron chi connectivity index (χ0n) is 16.5. The Hall–Kier alpha value is -2.80. The average molecular weight is 380 g/mol. The van der Waals surface area contributed by atoms with Gasteiger partial charge in [0.2, 0.25) is 5.95 Å². The molecule has 146 valence electrons. The van der Waals surface area contributed by atoms with E-state index in [0.717, 1.165) is 42.9 Å². The van der Waals surface area contributed by atoms with E-state index in [1.807, 2.05) is 20.0 Å². The number of piperidine rings is 1. The molecule has 0 unspecified atom stereocenters. The van der Waals surface area contributed by atoms with Gasteiger partial charge in [0, 0.05) is 41.5 Å². The van der Waals surface area contributed by atoms with Crippen molar-refractivity contribution in [1.82, 2.24) is 24.3 Å². The van der Waals surface area contributed by atoms with Crippen LogP contribution in [-0.4, -0.2) is 50.4 Å². The van der Waals surface area contributed by atoms with E-state index in [4.69, 9.17) is 0 Å². The van der Waals surface area contributed by atoms with Crippen molar-refractivity contribution in [2.24, 2.45) is 0 Å². The maximum atomic E-state index is 14.4. The van der Waals surface area contributed by atoms with Crippen LogP contribution in [-0.2, 0) is 0 Å². The molecule has 3 aromatic rings. The zero-order chi connectivity index (χ0) is 19.8. The van der Waals surface area contributed by atoms with Crippen LogP contribution < -0.4 is 5.32 Å². The van der Waals surface area contributed by atoms with Gasteiger partial charge in [-0.05, 0) is 58.5 Å². The number of anilines is 1. The summed E-state index contributed by atoms with van der Waals surface area (Å²) in [5.74, 6) is 0.265. The van der Waals surface area contributed by atoms with Crippen LogP contribution in [0.5, 0.6) is 0 Å². The van der Waals surface area contributed by atoms with Gasteiger partial charge in [0.15, 0.2) is 11.5 Å². The van der Waals surface area contributed by atoms with Crippen LogP contribution in [0.3, 0.4) is 0 Å². The van der Waals surface area contributed by atoms with E-state index in [2.05, 4.69) is 38.8 Å². The molecule has 28 heavy (non-hydrogen) atoms. The molecule has 0 radical (unpaired) electrons. The van der Waals surface area contributed by atoms with Crippen LogP contribution in [0.4, 0.5) is 10.3 Å². The van der Waals surface area contributed by atoms with Gasteiger partial charge in [-0.2, -0.15) is 0 Å². The van der Waals surface area contributed by atoms with Crippen molar-refractivity contribution in [3.63, 3.8) is 0 Å². The number of hydrogen-bond acceptors (Lipinski definition) is 5. The number of pyridine rings is 1. The van der Waals surface area contributed by atoms with Crippen LogP contribution in [0.15, 0.2) is 31.2 Å². The van der Waals surface area contributed by atoms with Crippen molar-refractivity contribution >= 4 is 17.2 Å². The van der Waals surface area contributed by atoms with E-state index in [-0.39, 0.29) is 5.82 Å². The fraction of sp³-hybridized carbons (Fsp3) is 0.381. The summed E-state index contributed by atoms with van der Waals surface area (Å²) in [7, 11) is 2.14. The second-order valence-corrected chi connectivity index (χ2v) is 7.56. The van der Waals surface area contributed by atoms with Crippen molar-refractivity contribution in [3.8, 4) is 0 Å². The minimum absolute atomic E-state index is 0.319. The Kier molecular flexibility index (Phi) is 4.85. The van der Waals surface area contributed by atoms with Crippen LogP contribution in [0.1, 0.15) is 35.4 Å². The summed E-state index contributed by atoms with van der Waals surface area (Å²) < 4.78 is 16.2. The summed E-state index contributed by atoms with van der Waals surface area (Å²) in [6.07, 6.45) is 7.44. The molecular formula is C21H25FN6. The molecule has 6 nitrogen and oxygen atoms in total. The predicted molar refractivity (Wildman–Crippen MR) is 109 cm³/mol. The number of halogens is 1. The minimum atomic E-state index is -0.370. The molecule has 0 bridgehead atoms. The van der Waals surface area contributed by atoms with Gasteiger partial charge < -0.3 is 14.6 Å². The van der Waals surface area contributed by atoms with Gasteiger partial charge in [0.25, 0.3) is 0 Å². The molecule has 0 spiro atoms. The maximum absolute atomic E-state index is 14.4. The summed E-state index contributed by atoms with van der Waals surface area (Å²) in [5.41, 5.74) is 4.20.